The van der Waals surface area contributed by atoms with Gasteiger partial charge in [0.25, 0.3) is 0 Å². The number of aromatic nitrogens is 1. The molecule has 0 bridgehead atoms. The molecule has 37 heavy (non-hydrogen) atoms. The number of carbonyl (C=O) groups excluding carboxylic acids is 2. The normalized spacial score (nSPS) is 14.8. The summed E-state index contributed by atoms with van der Waals surface area (Å²) in [6, 6.07) is 10.4. The summed E-state index contributed by atoms with van der Waals surface area (Å²) in [5.41, 5.74) is 2.43. The number of anilines is 2. The summed E-state index contributed by atoms with van der Waals surface area (Å²) < 4.78 is 5.00. The van der Waals surface area contributed by atoms with E-state index in [4.69, 9.17) is 31.8 Å². The number of fused-ring (bicyclic) bond motifs is 1. The third kappa shape index (κ3) is 7.39. The summed E-state index contributed by atoms with van der Waals surface area (Å²) in [6.45, 7) is 3.47. The average molecular weight is 528 g/mol. The number of nitrogens with zero attached hydrogens (tertiary/aromatic N) is 3. The van der Waals surface area contributed by atoms with Gasteiger partial charge in [-0.1, -0.05) is 29.8 Å². The highest BCUT2D eigenvalue weighted by molar-refractivity contribution is 6.30. The van der Waals surface area contributed by atoms with Crippen LogP contribution in [0.1, 0.15) is 20.3 Å². The Kier molecular flexibility index (Phi) is 9.78. The highest BCUT2D eigenvalue weighted by Gasteiger charge is 2.30. The van der Waals surface area contributed by atoms with Crippen molar-refractivity contribution in [2.75, 3.05) is 36.1 Å². The van der Waals surface area contributed by atoms with Crippen LogP contribution in [0.3, 0.4) is 0 Å². The van der Waals surface area contributed by atoms with E-state index in [0.717, 1.165) is 5.56 Å². The Morgan fingerprint density at radius 2 is 2.14 bits per heavy atom. The van der Waals surface area contributed by atoms with Crippen molar-refractivity contribution < 1.29 is 24.5 Å². The minimum atomic E-state index is -1.06. The van der Waals surface area contributed by atoms with Crippen molar-refractivity contribution in [2.24, 2.45) is 0 Å². The van der Waals surface area contributed by atoms with Crippen molar-refractivity contribution in [3.63, 3.8) is 0 Å². The second kappa shape index (κ2) is 13.0. The second-order valence-corrected chi connectivity index (χ2v) is 8.68. The zero-order chi connectivity index (χ0) is 26.9. The zero-order valence-electron chi connectivity index (χ0n) is 20.6. The summed E-state index contributed by atoms with van der Waals surface area (Å²) in [5, 5.41) is 29.1. The molecule has 0 radical (unpaired) electrons. The van der Waals surface area contributed by atoms with Gasteiger partial charge < -0.3 is 25.2 Å². The van der Waals surface area contributed by atoms with Gasteiger partial charge in [0.05, 0.1) is 18.0 Å². The van der Waals surface area contributed by atoms with Gasteiger partial charge in [0, 0.05) is 35.8 Å². The highest BCUT2D eigenvalue weighted by Crippen LogP contribution is 2.34. The molecule has 1 atom stereocenters. The van der Waals surface area contributed by atoms with Gasteiger partial charge in [0.1, 0.15) is 12.7 Å². The van der Waals surface area contributed by atoms with E-state index in [0.29, 0.717) is 34.5 Å². The van der Waals surface area contributed by atoms with E-state index in [-0.39, 0.29) is 31.4 Å². The lowest BCUT2D eigenvalue weighted by Gasteiger charge is -2.24. The summed E-state index contributed by atoms with van der Waals surface area (Å²) in [4.78, 5) is 33.8. The van der Waals surface area contributed by atoms with Gasteiger partial charge in [-0.3, -0.25) is 15.1 Å². The first-order valence-corrected chi connectivity index (χ1v) is 12.1. The molecule has 1 aromatic carbocycles. The SMILES string of the molecule is CCN1C(=O)CCN(C(=O)N/C(C)=C/C=C\C(=N)OC[C@@H](O)CO)c2nc(-c3cccc(Cl)c3)ccc21. The number of rotatable bonds is 8. The Labute approximate surface area is 220 Å². The van der Waals surface area contributed by atoms with E-state index >= 15 is 0 Å². The van der Waals surface area contributed by atoms with Crippen LogP contribution in [-0.4, -0.2) is 65.4 Å². The number of aliphatic hydroxyl groups excluding tert-OH is 2. The minimum Gasteiger partial charge on any atom is -0.475 e. The van der Waals surface area contributed by atoms with Crippen molar-refractivity contribution in [1.82, 2.24) is 10.3 Å². The molecule has 11 heteroatoms. The molecule has 0 aliphatic carbocycles. The number of urea groups is 1. The molecule has 0 spiro atoms. The predicted molar refractivity (Wildman–Crippen MR) is 143 cm³/mol. The van der Waals surface area contributed by atoms with E-state index < -0.39 is 18.7 Å². The quantitative estimate of drug-likeness (QED) is 0.235. The molecule has 0 fully saturated rings. The number of carbonyl (C=O) groups is 2. The van der Waals surface area contributed by atoms with Gasteiger partial charge in [-0.15, -0.1) is 0 Å². The molecule has 3 rings (SSSR count). The number of benzene rings is 1. The van der Waals surface area contributed by atoms with Gasteiger partial charge in [0.15, 0.2) is 5.82 Å². The number of hydrogen-bond acceptors (Lipinski definition) is 7. The highest BCUT2D eigenvalue weighted by atomic mass is 35.5. The van der Waals surface area contributed by atoms with Crippen molar-refractivity contribution in [3.8, 4) is 11.3 Å². The monoisotopic (exact) mass is 527 g/mol. The van der Waals surface area contributed by atoms with Crippen molar-refractivity contribution in [2.45, 2.75) is 26.4 Å². The Morgan fingerprint density at radius 3 is 2.84 bits per heavy atom. The standard InChI is InChI=1S/C26H30ClN5O5/c1-3-31-22-11-10-21(18-7-5-8-19(27)14-18)30-25(22)32(13-12-24(31)35)26(36)29-17(2)6-4-9-23(28)37-16-20(34)15-33/h4-11,14,20,28,33-34H,3,12-13,15-16H2,1-2H3,(H,29,36)/b9-4-,17-6+,28-23?/t20-/m0/s1. The van der Waals surface area contributed by atoms with Crippen LogP contribution >= 0.6 is 11.6 Å². The van der Waals surface area contributed by atoms with Crippen LogP contribution in [-0.2, 0) is 9.53 Å². The Morgan fingerprint density at radius 1 is 1.35 bits per heavy atom. The molecule has 10 nitrogen and oxygen atoms in total. The molecular formula is C26H30ClN5O5. The number of ether oxygens (including phenoxy) is 1. The number of aliphatic hydroxyl groups is 2. The summed E-state index contributed by atoms with van der Waals surface area (Å²) in [6.07, 6.45) is 3.51. The van der Waals surface area contributed by atoms with Gasteiger partial charge in [-0.05, 0) is 50.3 Å². The number of amides is 3. The molecule has 0 unspecified atom stereocenters. The maximum absolute atomic E-state index is 13.3. The molecule has 1 aliphatic rings. The number of pyridine rings is 1. The minimum absolute atomic E-state index is 0.101. The van der Waals surface area contributed by atoms with Crippen LogP contribution in [0.25, 0.3) is 11.3 Å². The molecule has 1 aliphatic heterocycles. The van der Waals surface area contributed by atoms with Gasteiger partial charge in [-0.2, -0.15) is 0 Å². The Bertz CT molecular complexity index is 1220. The van der Waals surface area contributed by atoms with E-state index in [9.17, 15) is 14.7 Å². The van der Waals surface area contributed by atoms with Crippen LogP contribution in [0, 0.1) is 5.41 Å². The Hall–Kier alpha value is -3.73. The summed E-state index contributed by atoms with van der Waals surface area (Å²) in [5.74, 6) is 0.0558. The summed E-state index contributed by atoms with van der Waals surface area (Å²) >= 11 is 6.16. The van der Waals surface area contributed by atoms with E-state index in [1.54, 1.807) is 42.2 Å². The van der Waals surface area contributed by atoms with Crippen molar-refractivity contribution >= 4 is 40.9 Å². The van der Waals surface area contributed by atoms with Gasteiger partial charge in [-0.25, -0.2) is 9.78 Å². The maximum Gasteiger partial charge on any atom is 0.327 e. The smallest absolute Gasteiger partial charge is 0.327 e. The van der Waals surface area contributed by atoms with E-state index in [1.807, 2.05) is 19.1 Å². The molecule has 3 amide bonds. The van der Waals surface area contributed by atoms with Crippen LogP contribution in [0.15, 0.2) is 60.3 Å². The zero-order valence-corrected chi connectivity index (χ0v) is 21.4. The fourth-order valence-corrected chi connectivity index (χ4v) is 3.82. The molecule has 1 aromatic heterocycles. The fourth-order valence-electron chi connectivity index (χ4n) is 3.63. The average Bonchev–Trinajstić information content (AvgIpc) is 3.02. The molecule has 196 valence electrons. The third-order valence-corrected chi connectivity index (χ3v) is 5.71. The first kappa shape index (κ1) is 27.9. The molecule has 2 aromatic rings. The second-order valence-electron chi connectivity index (χ2n) is 8.24. The van der Waals surface area contributed by atoms with Gasteiger partial charge >= 0.3 is 6.03 Å². The lowest BCUT2D eigenvalue weighted by atomic mass is 10.1. The molecule has 0 saturated carbocycles. The largest absolute Gasteiger partial charge is 0.475 e. The first-order chi connectivity index (χ1) is 17.7. The molecule has 2 heterocycles. The van der Waals surface area contributed by atoms with Crippen LogP contribution in [0.5, 0.6) is 0 Å². The van der Waals surface area contributed by atoms with Crippen LogP contribution in [0.4, 0.5) is 16.3 Å². The first-order valence-electron chi connectivity index (χ1n) is 11.7. The number of nitrogens with one attached hydrogen (secondary N) is 2. The number of hydrogen-bond donors (Lipinski definition) is 4. The molecule has 0 saturated heterocycles. The molecule has 4 N–H and O–H groups in total. The van der Waals surface area contributed by atoms with Crippen LogP contribution in [0.2, 0.25) is 5.02 Å². The van der Waals surface area contributed by atoms with Crippen molar-refractivity contribution in [3.05, 3.63) is 65.3 Å². The van der Waals surface area contributed by atoms with Crippen molar-refractivity contribution in [1.29, 1.82) is 5.41 Å². The third-order valence-electron chi connectivity index (χ3n) is 5.47. The van der Waals surface area contributed by atoms with E-state index in [1.165, 1.54) is 17.1 Å². The predicted octanol–water partition coefficient (Wildman–Crippen LogP) is 3.48. The number of halogens is 1. The fraction of sp³-hybridized carbons (Fsp3) is 0.308. The topological polar surface area (TPSA) is 139 Å². The number of allylic oxidation sites excluding steroid dienone is 3. The lowest BCUT2D eigenvalue weighted by Crippen LogP contribution is -2.40. The van der Waals surface area contributed by atoms with Gasteiger partial charge in [0.2, 0.25) is 11.8 Å². The maximum atomic E-state index is 13.3. The van der Waals surface area contributed by atoms with E-state index in [2.05, 4.69) is 5.32 Å². The summed E-state index contributed by atoms with van der Waals surface area (Å²) in [7, 11) is 0. The molecular weight excluding hydrogens is 498 g/mol. The lowest BCUT2D eigenvalue weighted by molar-refractivity contribution is -0.118. The van der Waals surface area contributed by atoms with Crippen LogP contribution < -0.4 is 15.1 Å². The Balaban J connectivity index is 1.83.